The summed E-state index contributed by atoms with van der Waals surface area (Å²) in [5.74, 6) is 0.818. The first-order valence-corrected chi connectivity index (χ1v) is 5.65. The summed E-state index contributed by atoms with van der Waals surface area (Å²) in [5.41, 5.74) is 6.21. The molecule has 0 radical (unpaired) electrons. The smallest absolute Gasteiger partial charge is 0.244 e. The Kier molecular flexibility index (Phi) is 5.39. The molecule has 0 spiro atoms. The van der Waals surface area contributed by atoms with Gasteiger partial charge in [0, 0.05) is 0 Å². The molecule has 0 bridgehead atoms. The second-order valence-electron chi connectivity index (χ2n) is 3.45. The van der Waals surface area contributed by atoms with Crippen LogP contribution < -0.4 is 15.2 Å². The van der Waals surface area contributed by atoms with Crippen LogP contribution in [0.4, 0.5) is 5.69 Å². The molecule has 2 N–H and O–H groups in total. The van der Waals surface area contributed by atoms with E-state index >= 15 is 0 Å². The molecule has 16 heavy (non-hydrogen) atoms. The minimum absolute atomic E-state index is 0.382. The van der Waals surface area contributed by atoms with E-state index in [2.05, 4.69) is 16.9 Å². The first kappa shape index (κ1) is 12.5. The van der Waals surface area contributed by atoms with E-state index in [0.29, 0.717) is 30.7 Å². The Morgan fingerprint density at radius 2 is 1.69 bits per heavy atom. The number of rotatable bonds is 7. The van der Waals surface area contributed by atoms with Crippen molar-refractivity contribution in [3.05, 3.63) is 6.33 Å². The van der Waals surface area contributed by atoms with Crippen LogP contribution in [0.15, 0.2) is 6.33 Å². The van der Waals surface area contributed by atoms with Gasteiger partial charge in [0.15, 0.2) is 5.69 Å². The highest BCUT2D eigenvalue weighted by Gasteiger charge is 2.09. The van der Waals surface area contributed by atoms with Gasteiger partial charge in [-0.25, -0.2) is 0 Å². The molecule has 5 nitrogen and oxygen atoms in total. The molecule has 0 aromatic carbocycles. The lowest BCUT2D eigenvalue weighted by Crippen LogP contribution is -2.06. The van der Waals surface area contributed by atoms with E-state index in [9.17, 15) is 0 Å². The molecule has 0 saturated carbocycles. The Bertz CT molecular complexity index is 318. The van der Waals surface area contributed by atoms with Crippen LogP contribution in [0, 0.1) is 0 Å². The van der Waals surface area contributed by atoms with Gasteiger partial charge in [-0.3, -0.25) is 0 Å². The molecule has 1 rings (SSSR count). The minimum Gasteiger partial charge on any atom is -0.476 e. The monoisotopic (exact) mass is 225 g/mol. The Morgan fingerprint density at radius 1 is 1.06 bits per heavy atom. The summed E-state index contributed by atoms with van der Waals surface area (Å²) < 4.78 is 10.8. The number of nitrogen functional groups attached to an aromatic ring is 1. The third kappa shape index (κ3) is 3.56. The van der Waals surface area contributed by atoms with Crippen molar-refractivity contribution in [2.45, 2.75) is 33.1 Å². The molecule has 0 aliphatic carbocycles. The standard InChI is InChI=1S/C11H19N3O2/c1-3-5-7-16-11-9(12)10(13-8-14-11)15-6-4-2/h8H,3-7,12H2,1-2H3. The molecule has 90 valence electrons. The van der Waals surface area contributed by atoms with Crippen molar-refractivity contribution in [1.82, 2.24) is 9.97 Å². The molecule has 1 aromatic rings. The number of nitrogens with two attached hydrogens (primary N) is 1. The Labute approximate surface area is 96.0 Å². The van der Waals surface area contributed by atoms with Crippen molar-refractivity contribution in [3.63, 3.8) is 0 Å². The fourth-order valence-electron chi connectivity index (χ4n) is 1.11. The van der Waals surface area contributed by atoms with E-state index in [4.69, 9.17) is 15.2 Å². The van der Waals surface area contributed by atoms with Gasteiger partial charge in [-0.1, -0.05) is 20.3 Å². The predicted octanol–water partition coefficient (Wildman–Crippen LogP) is 2.03. The number of hydrogen-bond acceptors (Lipinski definition) is 5. The van der Waals surface area contributed by atoms with Crippen molar-refractivity contribution < 1.29 is 9.47 Å². The minimum atomic E-state index is 0.382. The number of hydrogen-bond donors (Lipinski definition) is 1. The second-order valence-corrected chi connectivity index (χ2v) is 3.45. The molecule has 0 saturated heterocycles. The van der Waals surface area contributed by atoms with Crippen LogP contribution in [-0.4, -0.2) is 23.2 Å². The third-order valence-electron chi connectivity index (χ3n) is 1.99. The van der Waals surface area contributed by atoms with E-state index in [-0.39, 0.29) is 0 Å². The average Bonchev–Trinajstić information content (AvgIpc) is 2.30. The highest BCUT2D eigenvalue weighted by molar-refractivity contribution is 5.55. The molecular formula is C11H19N3O2. The molecule has 1 aromatic heterocycles. The topological polar surface area (TPSA) is 70.3 Å². The summed E-state index contributed by atoms with van der Waals surface area (Å²) >= 11 is 0. The Hall–Kier alpha value is -1.52. The predicted molar refractivity (Wildman–Crippen MR) is 62.6 cm³/mol. The fourth-order valence-corrected chi connectivity index (χ4v) is 1.11. The highest BCUT2D eigenvalue weighted by Crippen LogP contribution is 2.26. The first-order chi connectivity index (χ1) is 7.79. The maximum absolute atomic E-state index is 5.83. The first-order valence-electron chi connectivity index (χ1n) is 5.65. The summed E-state index contributed by atoms with van der Waals surface area (Å²) in [6.45, 7) is 5.33. The van der Waals surface area contributed by atoms with Crippen LogP contribution in [0.5, 0.6) is 11.8 Å². The van der Waals surface area contributed by atoms with E-state index < -0.39 is 0 Å². The van der Waals surface area contributed by atoms with Crippen LogP contribution in [-0.2, 0) is 0 Å². The summed E-state index contributed by atoms with van der Waals surface area (Å²) in [6, 6.07) is 0. The molecule has 0 amide bonds. The molecule has 0 unspecified atom stereocenters. The summed E-state index contributed by atoms with van der Waals surface area (Å²) in [6.07, 6.45) is 4.37. The lowest BCUT2D eigenvalue weighted by atomic mass is 10.4. The lowest BCUT2D eigenvalue weighted by molar-refractivity contribution is 0.285. The van der Waals surface area contributed by atoms with Crippen LogP contribution in [0.25, 0.3) is 0 Å². The van der Waals surface area contributed by atoms with Gasteiger partial charge < -0.3 is 15.2 Å². The molecular weight excluding hydrogens is 206 g/mol. The van der Waals surface area contributed by atoms with Crippen LogP contribution >= 0.6 is 0 Å². The van der Waals surface area contributed by atoms with Gasteiger partial charge >= 0.3 is 0 Å². The Balaban J connectivity index is 2.62. The zero-order valence-corrected chi connectivity index (χ0v) is 9.90. The number of anilines is 1. The average molecular weight is 225 g/mol. The van der Waals surface area contributed by atoms with Gasteiger partial charge in [0.25, 0.3) is 0 Å². The van der Waals surface area contributed by atoms with E-state index in [1.54, 1.807) is 0 Å². The second kappa shape index (κ2) is 6.87. The van der Waals surface area contributed by atoms with Crippen molar-refractivity contribution in [3.8, 4) is 11.8 Å². The number of nitrogens with zero attached hydrogens (tertiary/aromatic N) is 2. The van der Waals surface area contributed by atoms with E-state index in [0.717, 1.165) is 19.3 Å². The third-order valence-corrected chi connectivity index (χ3v) is 1.99. The van der Waals surface area contributed by atoms with Gasteiger partial charge in [0.1, 0.15) is 6.33 Å². The van der Waals surface area contributed by atoms with Gasteiger partial charge in [-0.2, -0.15) is 9.97 Å². The van der Waals surface area contributed by atoms with E-state index in [1.165, 1.54) is 6.33 Å². The zero-order chi connectivity index (χ0) is 11.8. The van der Waals surface area contributed by atoms with Gasteiger partial charge in [0.05, 0.1) is 13.2 Å². The number of unbranched alkanes of at least 4 members (excludes halogenated alkanes) is 1. The van der Waals surface area contributed by atoms with Crippen LogP contribution in [0.1, 0.15) is 33.1 Å². The summed E-state index contributed by atoms with van der Waals surface area (Å²) in [4.78, 5) is 7.95. The lowest BCUT2D eigenvalue weighted by Gasteiger charge is -2.10. The normalized spacial score (nSPS) is 10.1. The summed E-state index contributed by atoms with van der Waals surface area (Å²) in [5, 5.41) is 0. The van der Waals surface area contributed by atoms with Crippen LogP contribution in [0.2, 0.25) is 0 Å². The van der Waals surface area contributed by atoms with Gasteiger partial charge in [-0.05, 0) is 12.8 Å². The fraction of sp³-hybridized carbons (Fsp3) is 0.636. The summed E-state index contributed by atoms with van der Waals surface area (Å²) in [7, 11) is 0. The highest BCUT2D eigenvalue weighted by atomic mass is 16.5. The van der Waals surface area contributed by atoms with Gasteiger partial charge in [0.2, 0.25) is 11.8 Å². The Morgan fingerprint density at radius 3 is 2.25 bits per heavy atom. The van der Waals surface area contributed by atoms with E-state index in [1.807, 2.05) is 6.92 Å². The molecule has 0 fully saturated rings. The van der Waals surface area contributed by atoms with Crippen molar-refractivity contribution >= 4 is 5.69 Å². The largest absolute Gasteiger partial charge is 0.476 e. The SMILES string of the molecule is CCCCOc1ncnc(OCCC)c1N. The molecule has 0 atom stereocenters. The van der Waals surface area contributed by atoms with Crippen molar-refractivity contribution in [1.29, 1.82) is 0 Å². The number of ether oxygens (including phenoxy) is 2. The number of aromatic nitrogens is 2. The maximum Gasteiger partial charge on any atom is 0.244 e. The molecule has 5 heteroatoms. The molecule has 0 aliphatic rings. The van der Waals surface area contributed by atoms with Gasteiger partial charge in [-0.15, -0.1) is 0 Å². The van der Waals surface area contributed by atoms with Crippen molar-refractivity contribution in [2.24, 2.45) is 0 Å². The zero-order valence-electron chi connectivity index (χ0n) is 9.90. The molecule has 0 aliphatic heterocycles. The quantitative estimate of drug-likeness (QED) is 0.719. The molecule has 1 heterocycles. The maximum atomic E-state index is 5.83. The van der Waals surface area contributed by atoms with Crippen molar-refractivity contribution in [2.75, 3.05) is 18.9 Å². The van der Waals surface area contributed by atoms with Crippen LogP contribution in [0.3, 0.4) is 0 Å².